The van der Waals surface area contributed by atoms with E-state index in [2.05, 4.69) is 18.0 Å². The fraction of sp³-hybridized carbons (Fsp3) is 0.333. The molecule has 1 aromatic heterocycles. The minimum absolute atomic E-state index is 0.0999. The number of fused-ring (bicyclic) bond motifs is 1. The first kappa shape index (κ1) is 15.6. The van der Waals surface area contributed by atoms with Gasteiger partial charge in [-0.3, -0.25) is 0 Å². The summed E-state index contributed by atoms with van der Waals surface area (Å²) in [5.41, 5.74) is 2.73. The molecular weight excluding hydrogens is 308 g/mol. The highest BCUT2D eigenvalue weighted by molar-refractivity contribution is 7.16. The van der Waals surface area contributed by atoms with Crippen LogP contribution in [0.4, 0.5) is 5.00 Å². The number of aliphatic imine (C=N–C) groups is 1. The summed E-state index contributed by atoms with van der Waals surface area (Å²) >= 11 is 1.62. The van der Waals surface area contributed by atoms with E-state index in [1.165, 1.54) is 17.6 Å². The molecule has 1 N–H and O–H groups in total. The number of aromatic hydroxyl groups is 1. The van der Waals surface area contributed by atoms with Crippen molar-refractivity contribution in [2.75, 3.05) is 7.11 Å². The molecule has 1 heterocycles. The number of phenolic OH excluding ortho intramolecular Hbond substituents is 1. The molecule has 1 aliphatic rings. The van der Waals surface area contributed by atoms with Crippen molar-refractivity contribution in [1.29, 1.82) is 5.26 Å². The monoisotopic (exact) mass is 326 g/mol. The van der Waals surface area contributed by atoms with Crippen molar-refractivity contribution in [1.82, 2.24) is 0 Å². The average molecular weight is 326 g/mol. The lowest BCUT2D eigenvalue weighted by Crippen LogP contribution is -2.09. The Morgan fingerprint density at radius 3 is 3.04 bits per heavy atom. The van der Waals surface area contributed by atoms with Crippen LogP contribution in [0.5, 0.6) is 11.5 Å². The van der Waals surface area contributed by atoms with Crippen LogP contribution in [0.3, 0.4) is 0 Å². The second kappa shape index (κ2) is 6.43. The van der Waals surface area contributed by atoms with Crippen LogP contribution in [-0.2, 0) is 12.8 Å². The Morgan fingerprint density at radius 2 is 2.30 bits per heavy atom. The van der Waals surface area contributed by atoms with Gasteiger partial charge >= 0.3 is 0 Å². The topological polar surface area (TPSA) is 65.6 Å². The van der Waals surface area contributed by atoms with E-state index in [-0.39, 0.29) is 5.75 Å². The number of hydrogen-bond acceptors (Lipinski definition) is 5. The van der Waals surface area contributed by atoms with Crippen LogP contribution in [0.25, 0.3) is 0 Å². The summed E-state index contributed by atoms with van der Waals surface area (Å²) in [4.78, 5) is 5.82. The molecule has 0 saturated heterocycles. The van der Waals surface area contributed by atoms with Crippen molar-refractivity contribution in [2.24, 2.45) is 10.9 Å². The summed E-state index contributed by atoms with van der Waals surface area (Å²) in [5, 5.41) is 19.9. The average Bonchev–Trinajstić information content (AvgIpc) is 2.90. The largest absolute Gasteiger partial charge is 0.504 e. The highest BCUT2D eigenvalue weighted by Gasteiger charge is 2.23. The molecule has 0 bridgehead atoms. The van der Waals surface area contributed by atoms with E-state index in [4.69, 9.17) is 4.74 Å². The van der Waals surface area contributed by atoms with E-state index in [0.717, 1.165) is 35.4 Å². The number of methoxy groups -OCH3 is 1. The van der Waals surface area contributed by atoms with Gasteiger partial charge in [0.1, 0.15) is 11.1 Å². The molecule has 0 spiro atoms. The van der Waals surface area contributed by atoms with Crippen LogP contribution in [0.1, 0.15) is 34.9 Å². The molecule has 1 aliphatic carbocycles. The third-order valence-electron chi connectivity index (χ3n) is 4.14. The second-order valence-corrected chi connectivity index (χ2v) is 6.92. The molecule has 23 heavy (non-hydrogen) atoms. The maximum atomic E-state index is 9.63. The Morgan fingerprint density at radius 1 is 1.48 bits per heavy atom. The maximum absolute atomic E-state index is 9.63. The summed E-state index contributed by atoms with van der Waals surface area (Å²) in [5.74, 6) is 1.18. The Kier molecular flexibility index (Phi) is 4.35. The highest BCUT2D eigenvalue weighted by Crippen LogP contribution is 2.40. The highest BCUT2D eigenvalue weighted by atomic mass is 32.1. The zero-order valence-corrected chi connectivity index (χ0v) is 14.0. The lowest BCUT2D eigenvalue weighted by molar-refractivity contribution is 0.373. The van der Waals surface area contributed by atoms with Gasteiger partial charge in [-0.05, 0) is 54.5 Å². The third-order valence-corrected chi connectivity index (χ3v) is 5.30. The molecule has 4 nitrogen and oxygen atoms in total. The predicted octanol–water partition coefficient (Wildman–Crippen LogP) is 4.21. The first-order chi connectivity index (χ1) is 11.1. The number of benzene rings is 1. The summed E-state index contributed by atoms with van der Waals surface area (Å²) < 4.78 is 5.10. The first-order valence-electron chi connectivity index (χ1n) is 7.58. The van der Waals surface area contributed by atoms with Gasteiger partial charge in [-0.1, -0.05) is 6.92 Å². The lowest BCUT2D eigenvalue weighted by Gasteiger charge is -2.17. The van der Waals surface area contributed by atoms with E-state index < -0.39 is 0 Å². The van der Waals surface area contributed by atoms with Crippen LogP contribution in [0.15, 0.2) is 23.2 Å². The fourth-order valence-electron chi connectivity index (χ4n) is 2.85. The molecule has 3 rings (SSSR count). The van der Waals surface area contributed by atoms with Crippen LogP contribution in [0.2, 0.25) is 0 Å². The molecule has 5 heteroatoms. The molecule has 0 unspecified atom stereocenters. The molecule has 0 radical (unpaired) electrons. The Labute approximate surface area is 139 Å². The summed E-state index contributed by atoms with van der Waals surface area (Å²) in [6.07, 6.45) is 4.86. The zero-order chi connectivity index (χ0) is 16.4. The minimum Gasteiger partial charge on any atom is -0.504 e. The summed E-state index contributed by atoms with van der Waals surface area (Å²) in [7, 11) is 1.51. The quantitative estimate of drug-likeness (QED) is 0.859. The Balaban J connectivity index is 1.93. The van der Waals surface area contributed by atoms with Gasteiger partial charge in [-0.15, -0.1) is 11.3 Å². The molecule has 2 aromatic rings. The van der Waals surface area contributed by atoms with Crippen molar-refractivity contribution < 1.29 is 9.84 Å². The Hall–Kier alpha value is -2.32. The van der Waals surface area contributed by atoms with Crippen LogP contribution in [-0.4, -0.2) is 18.4 Å². The third kappa shape index (κ3) is 3.08. The maximum Gasteiger partial charge on any atom is 0.161 e. The molecule has 118 valence electrons. The van der Waals surface area contributed by atoms with E-state index in [0.29, 0.717) is 11.7 Å². The molecule has 0 amide bonds. The number of nitriles is 1. The predicted molar refractivity (Wildman–Crippen MR) is 92.1 cm³/mol. The van der Waals surface area contributed by atoms with E-state index in [9.17, 15) is 10.4 Å². The standard InChI is InChI=1S/C18H18N2O2S/c1-11-3-5-13-14(9-19)18(23-17(13)7-11)20-10-12-4-6-15(21)16(8-12)22-2/h4,6,8,10-11,21H,3,5,7H2,1-2H3/t11-/m1/s1. The van der Waals surface area contributed by atoms with E-state index >= 15 is 0 Å². The second-order valence-electron chi connectivity index (χ2n) is 5.83. The normalized spacial score (nSPS) is 17.0. The minimum atomic E-state index is 0.0999. The van der Waals surface area contributed by atoms with Gasteiger partial charge in [0, 0.05) is 11.1 Å². The van der Waals surface area contributed by atoms with Crippen LogP contribution < -0.4 is 4.74 Å². The van der Waals surface area contributed by atoms with Gasteiger partial charge in [0.05, 0.1) is 12.7 Å². The summed E-state index contributed by atoms with van der Waals surface area (Å²) in [6, 6.07) is 7.38. The molecule has 0 saturated carbocycles. The smallest absolute Gasteiger partial charge is 0.161 e. The van der Waals surface area contributed by atoms with Gasteiger partial charge in [0.15, 0.2) is 11.5 Å². The van der Waals surface area contributed by atoms with Crippen molar-refractivity contribution >= 4 is 22.6 Å². The van der Waals surface area contributed by atoms with Gasteiger partial charge in [0.2, 0.25) is 0 Å². The van der Waals surface area contributed by atoms with Gasteiger partial charge in [0.25, 0.3) is 0 Å². The summed E-state index contributed by atoms with van der Waals surface area (Å²) in [6.45, 7) is 2.25. The number of hydrogen-bond donors (Lipinski definition) is 1. The van der Waals surface area contributed by atoms with Crippen LogP contribution >= 0.6 is 11.3 Å². The zero-order valence-electron chi connectivity index (χ0n) is 13.2. The number of ether oxygens (including phenoxy) is 1. The van der Waals surface area contributed by atoms with Gasteiger partial charge in [-0.2, -0.15) is 5.26 Å². The van der Waals surface area contributed by atoms with E-state index in [1.807, 2.05) is 0 Å². The number of nitrogens with zero attached hydrogens (tertiary/aromatic N) is 2. The number of phenols is 1. The SMILES string of the molecule is COc1cc(C=Nc2sc3c(c2C#N)CC[C@@H](C)C3)ccc1O. The van der Waals surface area contributed by atoms with Gasteiger partial charge < -0.3 is 9.84 Å². The van der Waals surface area contributed by atoms with Crippen molar-refractivity contribution in [3.63, 3.8) is 0 Å². The van der Waals surface area contributed by atoms with Crippen molar-refractivity contribution in [3.05, 3.63) is 39.8 Å². The molecule has 0 aliphatic heterocycles. The molecule has 1 atom stereocenters. The number of rotatable bonds is 3. The van der Waals surface area contributed by atoms with Crippen molar-refractivity contribution in [2.45, 2.75) is 26.2 Å². The molecular formula is C18H18N2O2S. The van der Waals surface area contributed by atoms with Crippen LogP contribution in [0, 0.1) is 17.2 Å². The molecule has 0 fully saturated rings. The van der Waals surface area contributed by atoms with E-state index in [1.54, 1.807) is 35.8 Å². The van der Waals surface area contributed by atoms with Crippen molar-refractivity contribution in [3.8, 4) is 17.6 Å². The van der Waals surface area contributed by atoms with Gasteiger partial charge in [-0.25, -0.2) is 4.99 Å². The molecule has 1 aromatic carbocycles. The fourth-order valence-corrected chi connectivity index (χ4v) is 4.16. The lowest BCUT2D eigenvalue weighted by atomic mass is 9.89. The first-order valence-corrected chi connectivity index (χ1v) is 8.39. The number of thiophene rings is 1. The Bertz CT molecular complexity index is 802.